The highest BCUT2D eigenvalue weighted by molar-refractivity contribution is 9.10. The molecule has 1 aliphatic rings. The number of hydrogen-bond donors (Lipinski definition) is 0. The molecule has 0 aliphatic heterocycles. The van der Waals surface area contributed by atoms with E-state index in [1.165, 1.54) is 0 Å². The minimum absolute atomic E-state index is 0.432. The Morgan fingerprint density at radius 2 is 2.05 bits per heavy atom. The van der Waals surface area contributed by atoms with Crippen LogP contribution in [0.1, 0.15) is 30.1 Å². The maximum absolute atomic E-state index is 6.01. The highest BCUT2D eigenvalue weighted by Crippen LogP contribution is 2.39. The molecule has 1 heterocycles. The molecule has 5 heteroatoms. The van der Waals surface area contributed by atoms with Crippen molar-refractivity contribution in [2.45, 2.75) is 25.7 Å². The van der Waals surface area contributed by atoms with E-state index in [1.807, 2.05) is 25.1 Å². The van der Waals surface area contributed by atoms with E-state index in [1.54, 1.807) is 6.07 Å². The number of benzene rings is 1. The Bertz CT molecular complexity index is 629. The zero-order chi connectivity index (χ0) is 13.4. The molecule has 1 aliphatic carbocycles. The van der Waals surface area contributed by atoms with E-state index in [0.717, 1.165) is 34.5 Å². The predicted octanol–water partition coefficient (Wildman–Crippen LogP) is 4.87. The summed E-state index contributed by atoms with van der Waals surface area (Å²) < 4.78 is 6.83. The van der Waals surface area contributed by atoms with E-state index < -0.39 is 0 Å². The van der Waals surface area contributed by atoms with Gasteiger partial charge in [0.15, 0.2) is 0 Å². The van der Waals surface area contributed by atoms with Gasteiger partial charge in [-0.05, 0) is 43.5 Å². The molecule has 0 unspecified atom stereocenters. The molecule has 0 N–H and O–H groups in total. The third-order valence-electron chi connectivity index (χ3n) is 2.98. The van der Waals surface area contributed by atoms with Gasteiger partial charge in [0.25, 0.3) is 0 Å². The second kappa shape index (κ2) is 5.10. The molecule has 98 valence electrons. The number of nitrogens with zero attached hydrogens (tertiary/aromatic N) is 2. The van der Waals surface area contributed by atoms with Crippen LogP contribution in [0.15, 0.2) is 28.7 Å². The smallest absolute Gasteiger partial charge is 0.224 e. The molecule has 0 atom stereocenters. The number of hydrogen-bond acceptors (Lipinski definition) is 3. The molecule has 1 aromatic heterocycles. The standard InChI is InChI=1S/C14H12BrClN2O/c1-8-6-10(15)4-5-11(8)19-13-7-12(16)17-14(18-13)9-2-3-9/h4-7,9H,2-3H2,1H3. The summed E-state index contributed by atoms with van der Waals surface area (Å²) in [5, 5.41) is 0.432. The van der Waals surface area contributed by atoms with Gasteiger partial charge in [-0.3, -0.25) is 0 Å². The first-order valence-corrected chi connectivity index (χ1v) is 7.27. The Morgan fingerprint density at radius 3 is 2.74 bits per heavy atom. The van der Waals surface area contributed by atoms with Crippen molar-refractivity contribution in [2.24, 2.45) is 0 Å². The number of ether oxygens (including phenoxy) is 1. The van der Waals surface area contributed by atoms with Gasteiger partial charge in [0, 0.05) is 16.5 Å². The second-order valence-corrected chi connectivity index (χ2v) is 5.98. The molecule has 1 fully saturated rings. The molecule has 3 rings (SSSR count). The monoisotopic (exact) mass is 338 g/mol. The van der Waals surface area contributed by atoms with Crippen molar-refractivity contribution in [2.75, 3.05) is 0 Å². The third-order valence-corrected chi connectivity index (χ3v) is 3.67. The molecular weight excluding hydrogens is 328 g/mol. The van der Waals surface area contributed by atoms with Gasteiger partial charge < -0.3 is 4.74 Å². The van der Waals surface area contributed by atoms with Gasteiger partial charge >= 0.3 is 0 Å². The summed E-state index contributed by atoms with van der Waals surface area (Å²) in [4.78, 5) is 8.67. The lowest BCUT2D eigenvalue weighted by atomic mass is 10.2. The van der Waals surface area contributed by atoms with Crippen molar-refractivity contribution in [3.05, 3.63) is 45.3 Å². The number of aryl methyl sites for hydroxylation is 1. The lowest BCUT2D eigenvalue weighted by Crippen LogP contribution is -1.97. The number of halogens is 2. The molecule has 0 saturated heterocycles. The van der Waals surface area contributed by atoms with Crippen LogP contribution in [0.3, 0.4) is 0 Å². The Labute approximate surface area is 125 Å². The highest BCUT2D eigenvalue weighted by Gasteiger charge is 2.27. The van der Waals surface area contributed by atoms with Crippen molar-refractivity contribution >= 4 is 27.5 Å². The van der Waals surface area contributed by atoms with Crippen LogP contribution >= 0.6 is 27.5 Å². The van der Waals surface area contributed by atoms with Crippen molar-refractivity contribution in [1.29, 1.82) is 0 Å². The first-order chi connectivity index (χ1) is 9.11. The summed E-state index contributed by atoms with van der Waals surface area (Å²) in [6.07, 6.45) is 2.27. The van der Waals surface area contributed by atoms with Gasteiger partial charge in [0.1, 0.15) is 16.7 Å². The highest BCUT2D eigenvalue weighted by atomic mass is 79.9. The fourth-order valence-corrected chi connectivity index (χ4v) is 2.49. The minimum Gasteiger partial charge on any atom is -0.439 e. The third kappa shape index (κ3) is 3.07. The number of rotatable bonds is 3. The van der Waals surface area contributed by atoms with Gasteiger partial charge in [0.2, 0.25) is 5.88 Å². The van der Waals surface area contributed by atoms with E-state index >= 15 is 0 Å². The number of aromatic nitrogens is 2. The van der Waals surface area contributed by atoms with Crippen LogP contribution < -0.4 is 4.74 Å². The molecule has 0 bridgehead atoms. The summed E-state index contributed by atoms with van der Waals surface area (Å²) in [6, 6.07) is 7.49. The molecule has 3 nitrogen and oxygen atoms in total. The Hall–Kier alpha value is -1.13. The first kappa shape index (κ1) is 12.9. The zero-order valence-electron chi connectivity index (χ0n) is 10.4. The van der Waals surface area contributed by atoms with Crippen LogP contribution in [-0.4, -0.2) is 9.97 Å². The molecular formula is C14H12BrClN2O. The maximum atomic E-state index is 6.01. The van der Waals surface area contributed by atoms with E-state index in [4.69, 9.17) is 16.3 Å². The lowest BCUT2D eigenvalue weighted by Gasteiger charge is -2.09. The van der Waals surface area contributed by atoms with Crippen molar-refractivity contribution in [1.82, 2.24) is 9.97 Å². The zero-order valence-corrected chi connectivity index (χ0v) is 12.7. The normalized spacial score (nSPS) is 14.5. The first-order valence-electron chi connectivity index (χ1n) is 6.10. The molecule has 1 aromatic carbocycles. The van der Waals surface area contributed by atoms with Crippen LogP contribution in [0.25, 0.3) is 0 Å². The summed E-state index contributed by atoms with van der Waals surface area (Å²) in [7, 11) is 0. The van der Waals surface area contributed by atoms with Gasteiger partial charge in [-0.1, -0.05) is 27.5 Å². The van der Waals surface area contributed by atoms with Crippen molar-refractivity contribution < 1.29 is 4.74 Å². The van der Waals surface area contributed by atoms with E-state index in [0.29, 0.717) is 17.0 Å². The van der Waals surface area contributed by atoms with Gasteiger partial charge in [-0.2, -0.15) is 4.98 Å². The summed E-state index contributed by atoms with van der Waals surface area (Å²) >= 11 is 9.44. The van der Waals surface area contributed by atoms with Crippen LogP contribution in [0, 0.1) is 6.92 Å². The van der Waals surface area contributed by atoms with Crippen LogP contribution in [0.4, 0.5) is 0 Å². The van der Waals surface area contributed by atoms with Gasteiger partial charge in [-0.25, -0.2) is 4.98 Å². The molecule has 0 spiro atoms. The topological polar surface area (TPSA) is 35.0 Å². The quantitative estimate of drug-likeness (QED) is 0.748. The van der Waals surface area contributed by atoms with Crippen LogP contribution in [0.2, 0.25) is 5.15 Å². The Kier molecular flexibility index (Phi) is 3.46. The SMILES string of the molecule is Cc1cc(Br)ccc1Oc1cc(Cl)nc(C2CC2)n1. The van der Waals surface area contributed by atoms with Crippen LogP contribution in [0.5, 0.6) is 11.6 Å². The minimum atomic E-state index is 0.432. The average Bonchev–Trinajstić information content (AvgIpc) is 3.16. The Morgan fingerprint density at radius 1 is 1.26 bits per heavy atom. The summed E-state index contributed by atoms with van der Waals surface area (Å²) in [6.45, 7) is 1.99. The van der Waals surface area contributed by atoms with Crippen molar-refractivity contribution in [3.8, 4) is 11.6 Å². The molecule has 2 aromatic rings. The van der Waals surface area contributed by atoms with Gasteiger partial charge in [-0.15, -0.1) is 0 Å². The molecule has 0 radical (unpaired) electrons. The summed E-state index contributed by atoms with van der Waals surface area (Å²) in [5.41, 5.74) is 1.04. The predicted molar refractivity (Wildman–Crippen MR) is 78.0 cm³/mol. The second-order valence-electron chi connectivity index (χ2n) is 4.67. The van der Waals surface area contributed by atoms with E-state index in [-0.39, 0.29) is 0 Å². The van der Waals surface area contributed by atoms with E-state index in [2.05, 4.69) is 25.9 Å². The molecule has 1 saturated carbocycles. The Balaban J connectivity index is 1.89. The molecule has 0 amide bonds. The lowest BCUT2D eigenvalue weighted by molar-refractivity contribution is 0.455. The average molecular weight is 340 g/mol. The van der Waals surface area contributed by atoms with E-state index in [9.17, 15) is 0 Å². The molecule has 19 heavy (non-hydrogen) atoms. The maximum Gasteiger partial charge on any atom is 0.224 e. The fourth-order valence-electron chi connectivity index (χ4n) is 1.83. The summed E-state index contributed by atoms with van der Waals surface area (Å²) in [5.74, 6) is 2.52. The van der Waals surface area contributed by atoms with Gasteiger partial charge in [0.05, 0.1) is 0 Å². The van der Waals surface area contributed by atoms with Crippen LogP contribution in [-0.2, 0) is 0 Å². The largest absolute Gasteiger partial charge is 0.439 e. The van der Waals surface area contributed by atoms with Crippen molar-refractivity contribution in [3.63, 3.8) is 0 Å². The fraction of sp³-hybridized carbons (Fsp3) is 0.286.